The molecule has 1 aliphatic carbocycles. The van der Waals surface area contributed by atoms with Crippen LogP contribution in [0, 0.1) is 0 Å². The number of aliphatic carboxylic acids is 1. The lowest BCUT2D eigenvalue weighted by atomic mass is 10.1. The molecule has 2 amide bonds. The van der Waals surface area contributed by atoms with Crippen LogP contribution in [-0.2, 0) is 15.0 Å². The van der Waals surface area contributed by atoms with Gasteiger partial charge in [0.25, 0.3) is 10.2 Å². The fourth-order valence-electron chi connectivity index (χ4n) is 4.04. The third-order valence-corrected chi connectivity index (χ3v) is 7.48. The molecule has 2 aliphatic rings. The molecule has 0 unspecified atom stereocenters. The Labute approximate surface area is 186 Å². The Morgan fingerprint density at radius 2 is 1.53 bits per heavy atom. The minimum Gasteiger partial charge on any atom is -0.480 e. The van der Waals surface area contributed by atoms with E-state index in [2.05, 4.69) is 16.6 Å². The number of amides is 2. The highest BCUT2D eigenvalue weighted by atomic mass is 32.2. The van der Waals surface area contributed by atoms with Crippen molar-refractivity contribution in [3.05, 3.63) is 78.4 Å². The van der Waals surface area contributed by atoms with Crippen LogP contribution >= 0.6 is 0 Å². The van der Waals surface area contributed by atoms with Crippen LogP contribution in [0.2, 0.25) is 0 Å². The highest BCUT2D eigenvalue weighted by Gasteiger charge is 2.67. The van der Waals surface area contributed by atoms with Crippen molar-refractivity contribution in [1.29, 1.82) is 0 Å². The van der Waals surface area contributed by atoms with E-state index < -0.39 is 27.6 Å². The Morgan fingerprint density at radius 1 is 0.969 bits per heavy atom. The first-order chi connectivity index (χ1) is 15.3. The number of piperazine rings is 1. The minimum atomic E-state index is -4.12. The van der Waals surface area contributed by atoms with Gasteiger partial charge in [0.1, 0.15) is 0 Å². The minimum absolute atomic E-state index is 0.0513. The number of benzene rings is 2. The molecule has 2 aromatic carbocycles. The second-order valence-electron chi connectivity index (χ2n) is 7.77. The van der Waals surface area contributed by atoms with Crippen LogP contribution in [0.1, 0.15) is 11.5 Å². The van der Waals surface area contributed by atoms with Gasteiger partial charge in [-0.1, -0.05) is 55.1 Å². The first-order valence-corrected chi connectivity index (χ1v) is 11.6. The zero-order valence-corrected chi connectivity index (χ0v) is 18.1. The summed E-state index contributed by atoms with van der Waals surface area (Å²) in [5.74, 6) is -1.94. The van der Waals surface area contributed by atoms with Crippen LogP contribution in [0.5, 0.6) is 0 Å². The third-order valence-electron chi connectivity index (χ3n) is 5.86. The SMILES string of the molecule is C=C1[C@@H](c2ccccc2)[C@]1(NS(=O)(=O)N1CCN(C(=O)Nc2ccccc2)CC1)C(=O)O. The fraction of sp³-hybridized carbons (Fsp3) is 0.273. The first kappa shape index (κ1) is 22.0. The number of carboxylic acid groups (broad SMARTS) is 1. The van der Waals surface area contributed by atoms with Gasteiger partial charge in [0.05, 0.1) is 0 Å². The first-order valence-electron chi connectivity index (χ1n) is 10.1. The lowest BCUT2D eigenvalue weighted by Gasteiger charge is -2.34. The van der Waals surface area contributed by atoms with Gasteiger partial charge in [0.15, 0.2) is 5.54 Å². The largest absolute Gasteiger partial charge is 0.480 e. The maximum atomic E-state index is 13.0. The number of anilines is 1. The second kappa shape index (κ2) is 8.38. The average molecular weight is 457 g/mol. The number of hydrogen-bond donors (Lipinski definition) is 3. The van der Waals surface area contributed by atoms with Gasteiger partial charge in [0, 0.05) is 37.8 Å². The number of urea groups is 1. The van der Waals surface area contributed by atoms with E-state index in [0.29, 0.717) is 16.8 Å². The molecule has 0 aromatic heterocycles. The number of nitrogens with zero attached hydrogens (tertiary/aromatic N) is 2. The molecule has 168 valence electrons. The van der Waals surface area contributed by atoms with Crippen LogP contribution in [0.15, 0.2) is 72.8 Å². The molecular formula is C22H24N4O5S. The maximum absolute atomic E-state index is 13.0. The summed E-state index contributed by atoms with van der Waals surface area (Å²) in [4.78, 5) is 26.0. The van der Waals surface area contributed by atoms with Crippen LogP contribution in [-0.4, -0.2) is 66.4 Å². The number of para-hydroxylation sites is 1. The lowest BCUT2D eigenvalue weighted by molar-refractivity contribution is -0.139. The monoisotopic (exact) mass is 456 g/mol. The standard InChI is InChI=1S/C22H24N4O5S/c1-16-19(17-8-4-2-5-9-17)22(16,20(27)28)24-32(30,31)26-14-12-25(13-15-26)21(29)23-18-10-6-3-7-11-18/h2-11,19,24H,1,12-15H2,(H,23,29)(H,27,28)/t19-,22-/m0/s1. The van der Waals surface area contributed by atoms with E-state index in [-0.39, 0.29) is 32.2 Å². The zero-order valence-electron chi connectivity index (χ0n) is 17.3. The Hall–Kier alpha value is -3.21. The molecule has 2 atom stereocenters. The number of carbonyl (C=O) groups is 2. The van der Waals surface area contributed by atoms with E-state index >= 15 is 0 Å². The Balaban J connectivity index is 1.42. The van der Waals surface area contributed by atoms with Crippen LogP contribution < -0.4 is 10.0 Å². The van der Waals surface area contributed by atoms with E-state index in [1.54, 1.807) is 54.6 Å². The smallest absolute Gasteiger partial charge is 0.330 e. The van der Waals surface area contributed by atoms with E-state index in [1.807, 2.05) is 6.07 Å². The summed E-state index contributed by atoms with van der Waals surface area (Å²) in [7, 11) is -4.12. The summed E-state index contributed by atoms with van der Waals surface area (Å²) in [6.45, 7) is 4.29. The topological polar surface area (TPSA) is 119 Å². The van der Waals surface area contributed by atoms with Crippen LogP contribution in [0.3, 0.4) is 0 Å². The molecule has 1 saturated heterocycles. The number of hydrogen-bond acceptors (Lipinski definition) is 4. The summed E-state index contributed by atoms with van der Waals surface area (Å²) < 4.78 is 29.6. The summed E-state index contributed by atoms with van der Waals surface area (Å²) >= 11 is 0. The fourth-order valence-corrected chi connectivity index (χ4v) is 5.56. The molecule has 0 bridgehead atoms. The molecule has 0 radical (unpaired) electrons. The Bertz CT molecular complexity index is 1130. The van der Waals surface area contributed by atoms with Crippen molar-refractivity contribution in [2.45, 2.75) is 11.5 Å². The summed E-state index contributed by atoms with van der Waals surface area (Å²) in [5.41, 5.74) is -0.149. The van der Waals surface area contributed by atoms with Gasteiger partial charge < -0.3 is 15.3 Å². The molecular weight excluding hydrogens is 432 g/mol. The van der Waals surface area contributed by atoms with E-state index in [9.17, 15) is 23.1 Å². The normalized spacial score (nSPS) is 23.6. The van der Waals surface area contributed by atoms with Gasteiger partial charge in [-0.05, 0) is 23.3 Å². The zero-order chi connectivity index (χ0) is 22.9. The van der Waals surface area contributed by atoms with Crippen molar-refractivity contribution in [2.24, 2.45) is 0 Å². The second-order valence-corrected chi connectivity index (χ2v) is 9.44. The van der Waals surface area contributed by atoms with Crippen molar-refractivity contribution < 1.29 is 23.1 Å². The van der Waals surface area contributed by atoms with Gasteiger partial charge in [-0.2, -0.15) is 17.4 Å². The molecule has 2 fully saturated rings. The van der Waals surface area contributed by atoms with Crippen LogP contribution in [0.4, 0.5) is 10.5 Å². The third kappa shape index (κ3) is 3.99. The molecule has 3 N–H and O–H groups in total. The van der Waals surface area contributed by atoms with Crippen LogP contribution in [0.25, 0.3) is 0 Å². The molecule has 10 heteroatoms. The van der Waals surface area contributed by atoms with E-state index in [0.717, 1.165) is 4.31 Å². The molecule has 9 nitrogen and oxygen atoms in total. The quantitative estimate of drug-likeness (QED) is 0.573. The number of carbonyl (C=O) groups excluding carboxylic acids is 1. The van der Waals surface area contributed by atoms with Crippen molar-refractivity contribution in [3.63, 3.8) is 0 Å². The van der Waals surface area contributed by atoms with Crippen molar-refractivity contribution in [3.8, 4) is 0 Å². The molecule has 1 heterocycles. The summed E-state index contributed by atoms with van der Waals surface area (Å²) in [6, 6.07) is 17.5. The average Bonchev–Trinajstić information content (AvgIpc) is 3.38. The maximum Gasteiger partial charge on any atom is 0.330 e. The predicted molar refractivity (Wildman–Crippen MR) is 119 cm³/mol. The van der Waals surface area contributed by atoms with E-state index in [1.165, 1.54) is 4.90 Å². The molecule has 4 rings (SSSR count). The highest BCUT2D eigenvalue weighted by molar-refractivity contribution is 7.87. The van der Waals surface area contributed by atoms with E-state index in [4.69, 9.17) is 0 Å². The number of carboxylic acids is 1. The molecule has 32 heavy (non-hydrogen) atoms. The highest BCUT2D eigenvalue weighted by Crippen LogP contribution is 2.56. The Morgan fingerprint density at radius 3 is 2.09 bits per heavy atom. The van der Waals surface area contributed by atoms with Gasteiger partial charge in [-0.15, -0.1) is 0 Å². The van der Waals surface area contributed by atoms with Gasteiger partial charge in [-0.3, -0.25) is 0 Å². The lowest BCUT2D eigenvalue weighted by Crippen LogP contribution is -2.57. The van der Waals surface area contributed by atoms with Crippen molar-refractivity contribution >= 4 is 27.9 Å². The number of rotatable bonds is 6. The Kier molecular flexibility index (Phi) is 5.76. The molecule has 1 saturated carbocycles. The summed E-state index contributed by atoms with van der Waals surface area (Å²) in [6.07, 6.45) is 0. The summed E-state index contributed by atoms with van der Waals surface area (Å²) in [5, 5.41) is 12.6. The number of nitrogens with one attached hydrogen (secondary N) is 2. The van der Waals surface area contributed by atoms with Crippen molar-refractivity contribution in [1.82, 2.24) is 13.9 Å². The van der Waals surface area contributed by atoms with Gasteiger partial charge in [0.2, 0.25) is 0 Å². The predicted octanol–water partition coefficient (Wildman–Crippen LogP) is 1.85. The van der Waals surface area contributed by atoms with Gasteiger partial charge in [-0.25, -0.2) is 9.59 Å². The molecule has 2 aromatic rings. The molecule has 1 aliphatic heterocycles. The van der Waals surface area contributed by atoms with Gasteiger partial charge >= 0.3 is 12.0 Å². The van der Waals surface area contributed by atoms with Crippen molar-refractivity contribution in [2.75, 3.05) is 31.5 Å². The molecule has 0 spiro atoms.